The molecule has 12 heavy (non-hydrogen) atoms. The van der Waals surface area contributed by atoms with E-state index in [1.807, 2.05) is 4.68 Å². The van der Waals surface area contributed by atoms with Crippen LogP contribution in [-0.2, 0) is 6.42 Å². The van der Waals surface area contributed by atoms with Crippen LogP contribution >= 0.6 is 0 Å². The van der Waals surface area contributed by atoms with Crippen LogP contribution < -0.4 is 5.73 Å². The van der Waals surface area contributed by atoms with Crippen LogP contribution in [0.1, 0.15) is 43.6 Å². The normalized spacial score (nSPS) is 21.8. The van der Waals surface area contributed by atoms with E-state index >= 15 is 0 Å². The van der Waals surface area contributed by atoms with Crippen molar-refractivity contribution in [3.63, 3.8) is 0 Å². The van der Waals surface area contributed by atoms with E-state index in [1.54, 1.807) is 0 Å². The van der Waals surface area contributed by atoms with Gasteiger partial charge in [-0.1, -0.05) is 0 Å². The molecule has 0 saturated heterocycles. The quantitative estimate of drug-likeness (QED) is 0.683. The summed E-state index contributed by atoms with van der Waals surface area (Å²) < 4.78 is 2.00. The first-order valence-electron chi connectivity index (χ1n) is 4.52. The van der Waals surface area contributed by atoms with Crippen LogP contribution in [-0.4, -0.2) is 9.78 Å². The Hall–Kier alpha value is -0.830. The maximum absolute atomic E-state index is 5.88. The average molecular weight is 165 g/mol. The molecule has 1 aromatic heterocycles. The van der Waals surface area contributed by atoms with E-state index in [9.17, 15) is 0 Å². The molecule has 3 nitrogen and oxygen atoms in total. The molecule has 0 aliphatic heterocycles. The minimum absolute atomic E-state index is 0.181. The highest BCUT2D eigenvalue weighted by atomic mass is 15.3. The lowest BCUT2D eigenvalue weighted by molar-refractivity contribution is 0.514. The number of nitrogens with zero attached hydrogens (tertiary/aromatic N) is 2. The molecule has 0 amide bonds. The maximum atomic E-state index is 5.88. The van der Waals surface area contributed by atoms with Gasteiger partial charge in [0.25, 0.3) is 0 Å². The molecule has 1 heterocycles. The van der Waals surface area contributed by atoms with E-state index in [0.29, 0.717) is 6.04 Å². The number of aryl methyl sites for hydroxylation is 1. The van der Waals surface area contributed by atoms with Crippen LogP contribution in [0.25, 0.3) is 0 Å². The Labute approximate surface area is 72.6 Å². The first-order chi connectivity index (χ1) is 5.68. The lowest BCUT2D eigenvalue weighted by atomic mass is 10.3. The number of hydrogen-bond acceptors (Lipinski definition) is 2. The van der Waals surface area contributed by atoms with Gasteiger partial charge in [-0.05, 0) is 32.3 Å². The van der Waals surface area contributed by atoms with E-state index in [2.05, 4.69) is 25.1 Å². The molecule has 0 radical (unpaired) electrons. The van der Waals surface area contributed by atoms with Crippen LogP contribution in [0.2, 0.25) is 0 Å². The minimum atomic E-state index is 0.181. The Morgan fingerprint density at radius 2 is 2.42 bits per heavy atom. The topological polar surface area (TPSA) is 43.8 Å². The van der Waals surface area contributed by atoms with Gasteiger partial charge in [0, 0.05) is 18.3 Å². The third-order valence-corrected chi connectivity index (χ3v) is 2.45. The van der Waals surface area contributed by atoms with Gasteiger partial charge in [0.15, 0.2) is 0 Å². The van der Waals surface area contributed by atoms with Crippen LogP contribution in [0.5, 0.6) is 0 Å². The van der Waals surface area contributed by atoms with E-state index in [4.69, 9.17) is 5.73 Å². The second-order valence-corrected chi connectivity index (χ2v) is 3.76. The molecule has 1 aliphatic carbocycles. The maximum Gasteiger partial charge on any atom is 0.0823 e. The Bertz CT molecular complexity index is 288. The Balaban J connectivity index is 2.36. The zero-order valence-corrected chi connectivity index (χ0v) is 7.62. The highest BCUT2D eigenvalue weighted by molar-refractivity contribution is 5.25. The van der Waals surface area contributed by atoms with Gasteiger partial charge < -0.3 is 5.73 Å². The zero-order chi connectivity index (χ0) is 8.72. The number of aromatic nitrogens is 2. The molecule has 0 saturated carbocycles. The summed E-state index contributed by atoms with van der Waals surface area (Å²) in [7, 11) is 0. The summed E-state index contributed by atoms with van der Waals surface area (Å²) in [6.07, 6.45) is 4.30. The Kier molecular flexibility index (Phi) is 1.68. The van der Waals surface area contributed by atoms with Gasteiger partial charge >= 0.3 is 0 Å². The number of fused-ring (bicyclic) bond motifs is 1. The molecule has 66 valence electrons. The second-order valence-electron chi connectivity index (χ2n) is 3.76. The fraction of sp³-hybridized carbons (Fsp3) is 0.667. The van der Waals surface area contributed by atoms with Gasteiger partial charge in [0.05, 0.1) is 5.69 Å². The predicted molar refractivity (Wildman–Crippen MR) is 47.9 cm³/mol. The standard InChI is InChI=1S/C9H15N3/c1-6(2)12-5-7-3-4-8(10)9(7)11-12/h5-6,8H,3-4,10H2,1-2H3. The lowest BCUT2D eigenvalue weighted by Gasteiger charge is -2.05. The zero-order valence-electron chi connectivity index (χ0n) is 7.62. The van der Waals surface area contributed by atoms with E-state index < -0.39 is 0 Å². The van der Waals surface area contributed by atoms with Crippen molar-refractivity contribution in [2.75, 3.05) is 0 Å². The van der Waals surface area contributed by atoms with Gasteiger partial charge in [-0.25, -0.2) is 0 Å². The summed E-state index contributed by atoms with van der Waals surface area (Å²) in [4.78, 5) is 0. The first-order valence-corrected chi connectivity index (χ1v) is 4.52. The second kappa shape index (κ2) is 2.59. The van der Waals surface area contributed by atoms with Crippen molar-refractivity contribution in [3.8, 4) is 0 Å². The fourth-order valence-corrected chi connectivity index (χ4v) is 1.66. The van der Waals surface area contributed by atoms with Gasteiger partial charge in [-0.2, -0.15) is 5.10 Å². The SMILES string of the molecule is CC(C)n1cc2c(n1)C(N)CC2. The van der Waals surface area contributed by atoms with Crippen molar-refractivity contribution >= 4 is 0 Å². The van der Waals surface area contributed by atoms with E-state index in [1.165, 1.54) is 5.56 Å². The number of hydrogen-bond donors (Lipinski definition) is 1. The monoisotopic (exact) mass is 165 g/mol. The molecule has 0 bridgehead atoms. The molecule has 2 N–H and O–H groups in total. The summed E-state index contributed by atoms with van der Waals surface area (Å²) in [5.41, 5.74) is 8.34. The summed E-state index contributed by atoms with van der Waals surface area (Å²) in [6.45, 7) is 4.27. The van der Waals surface area contributed by atoms with E-state index in [-0.39, 0.29) is 6.04 Å². The molecule has 1 atom stereocenters. The third-order valence-electron chi connectivity index (χ3n) is 2.45. The van der Waals surface area contributed by atoms with Crippen LogP contribution in [0, 0.1) is 0 Å². The van der Waals surface area contributed by atoms with Crippen LogP contribution in [0.4, 0.5) is 0 Å². The number of nitrogens with two attached hydrogens (primary N) is 1. The summed E-state index contributed by atoms with van der Waals surface area (Å²) in [6, 6.07) is 0.628. The minimum Gasteiger partial charge on any atom is -0.323 e. The van der Waals surface area contributed by atoms with Crippen molar-refractivity contribution in [2.24, 2.45) is 5.73 Å². The molecule has 3 heteroatoms. The molecule has 0 spiro atoms. The largest absolute Gasteiger partial charge is 0.323 e. The van der Waals surface area contributed by atoms with Crippen molar-refractivity contribution < 1.29 is 0 Å². The highest BCUT2D eigenvalue weighted by Gasteiger charge is 2.23. The molecule has 1 aromatic rings. The van der Waals surface area contributed by atoms with Gasteiger partial charge in [-0.15, -0.1) is 0 Å². The van der Waals surface area contributed by atoms with Gasteiger partial charge in [0.2, 0.25) is 0 Å². The lowest BCUT2D eigenvalue weighted by Crippen LogP contribution is -2.09. The Morgan fingerprint density at radius 3 is 3.00 bits per heavy atom. The van der Waals surface area contributed by atoms with Crippen LogP contribution in [0.3, 0.4) is 0 Å². The smallest absolute Gasteiger partial charge is 0.0823 e. The third kappa shape index (κ3) is 1.05. The average Bonchev–Trinajstić information content (AvgIpc) is 2.53. The predicted octanol–water partition coefficient (Wildman–Crippen LogP) is 1.41. The molecular weight excluding hydrogens is 150 g/mol. The molecule has 1 aliphatic rings. The van der Waals surface area contributed by atoms with E-state index in [0.717, 1.165) is 18.5 Å². The first kappa shape index (κ1) is 7.80. The van der Waals surface area contributed by atoms with Crippen molar-refractivity contribution in [3.05, 3.63) is 17.5 Å². The van der Waals surface area contributed by atoms with Gasteiger partial charge in [-0.3, -0.25) is 4.68 Å². The molecule has 2 rings (SSSR count). The highest BCUT2D eigenvalue weighted by Crippen LogP contribution is 2.28. The molecular formula is C9H15N3. The van der Waals surface area contributed by atoms with Crippen molar-refractivity contribution in [2.45, 2.75) is 38.8 Å². The Morgan fingerprint density at radius 1 is 1.67 bits per heavy atom. The van der Waals surface area contributed by atoms with Gasteiger partial charge in [0.1, 0.15) is 0 Å². The van der Waals surface area contributed by atoms with Crippen molar-refractivity contribution in [1.82, 2.24) is 9.78 Å². The molecule has 0 fully saturated rings. The van der Waals surface area contributed by atoms with Crippen molar-refractivity contribution in [1.29, 1.82) is 0 Å². The van der Waals surface area contributed by atoms with Crippen LogP contribution in [0.15, 0.2) is 6.20 Å². The summed E-state index contributed by atoms with van der Waals surface area (Å²) >= 11 is 0. The molecule has 1 unspecified atom stereocenters. The molecule has 0 aromatic carbocycles. The number of rotatable bonds is 1. The summed E-state index contributed by atoms with van der Waals surface area (Å²) in [5, 5.41) is 4.46. The summed E-state index contributed by atoms with van der Waals surface area (Å²) in [5.74, 6) is 0. The fourth-order valence-electron chi connectivity index (χ4n) is 1.66.